The summed E-state index contributed by atoms with van der Waals surface area (Å²) in [5.74, 6) is -0.584. The van der Waals surface area contributed by atoms with Crippen LogP contribution in [0.25, 0.3) is 27.5 Å². The molecule has 4 aliphatic heterocycles. The summed E-state index contributed by atoms with van der Waals surface area (Å²) in [6.45, 7) is 5.26. The number of hydrogen-bond donors (Lipinski definition) is 2. The van der Waals surface area contributed by atoms with Gasteiger partial charge in [-0.1, -0.05) is 12.1 Å². The Balaban J connectivity index is 0.00000157. The zero-order valence-electron chi connectivity index (χ0n) is 33.0. The highest BCUT2D eigenvalue weighted by Crippen LogP contribution is 2.36. The molecular formula is C43H46FN9O6. The Morgan fingerprint density at radius 1 is 0.864 bits per heavy atom. The summed E-state index contributed by atoms with van der Waals surface area (Å²) in [6.07, 6.45) is 9.30. The van der Waals surface area contributed by atoms with Gasteiger partial charge in [0.2, 0.25) is 11.8 Å². The van der Waals surface area contributed by atoms with Gasteiger partial charge in [-0.25, -0.2) is 14.4 Å². The van der Waals surface area contributed by atoms with Gasteiger partial charge in [-0.15, -0.1) is 0 Å². The van der Waals surface area contributed by atoms with Gasteiger partial charge in [0.25, 0.3) is 18.3 Å². The van der Waals surface area contributed by atoms with E-state index < -0.39 is 35.5 Å². The Morgan fingerprint density at radius 2 is 1.61 bits per heavy atom. The van der Waals surface area contributed by atoms with Gasteiger partial charge >= 0.3 is 0 Å². The van der Waals surface area contributed by atoms with Gasteiger partial charge in [0.15, 0.2) is 0 Å². The number of anilines is 3. The largest absolute Gasteiger partial charge is 0.483 e. The van der Waals surface area contributed by atoms with Crippen LogP contribution in [0.15, 0.2) is 67.1 Å². The van der Waals surface area contributed by atoms with E-state index in [2.05, 4.69) is 81.3 Å². The number of halogens is 1. The second kappa shape index (κ2) is 16.4. The van der Waals surface area contributed by atoms with Crippen molar-refractivity contribution in [2.24, 2.45) is 5.92 Å². The Kier molecular flexibility index (Phi) is 11.0. The van der Waals surface area contributed by atoms with Crippen LogP contribution in [0.1, 0.15) is 52.8 Å². The van der Waals surface area contributed by atoms with E-state index >= 15 is 0 Å². The van der Waals surface area contributed by atoms with E-state index in [4.69, 9.17) is 19.9 Å². The number of carbonyl (C=O) groups excluding carboxylic acids is 4. The van der Waals surface area contributed by atoms with Crippen LogP contribution in [0.2, 0.25) is 0 Å². The van der Waals surface area contributed by atoms with Gasteiger partial charge in [0, 0.05) is 94.0 Å². The molecule has 306 valence electrons. The summed E-state index contributed by atoms with van der Waals surface area (Å²) >= 11 is 0. The molecule has 0 saturated carbocycles. The summed E-state index contributed by atoms with van der Waals surface area (Å²) in [5, 5.41) is 12.5. The van der Waals surface area contributed by atoms with E-state index in [0.717, 1.165) is 102 Å². The van der Waals surface area contributed by atoms with Gasteiger partial charge in [-0.2, -0.15) is 0 Å². The number of aromatic nitrogens is 3. The number of pyridine rings is 2. The molecule has 15 nitrogen and oxygen atoms in total. The van der Waals surface area contributed by atoms with Crippen molar-refractivity contribution < 1.29 is 33.5 Å². The van der Waals surface area contributed by atoms with Crippen LogP contribution in [0.3, 0.4) is 0 Å². The molecule has 3 saturated heterocycles. The van der Waals surface area contributed by atoms with Crippen molar-refractivity contribution in [3.8, 4) is 5.82 Å². The molecule has 16 heteroatoms. The van der Waals surface area contributed by atoms with Crippen LogP contribution in [0, 0.1) is 11.7 Å². The first-order chi connectivity index (χ1) is 28.5. The highest BCUT2D eigenvalue weighted by atomic mass is 19.1. The van der Waals surface area contributed by atoms with E-state index in [1.54, 1.807) is 0 Å². The molecule has 1 unspecified atom stereocenters. The fraction of sp³-hybridized carbons (Fsp3) is 0.372. The minimum atomic E-state index is -1.09. The van der Waals surface area contributed by atoms with Crippen LogP contribution >= 0.6 is 0 Å². The molecule has 4 amide bonds. The Hall–Kier alpha value is -6.42. The smallest absolute Gasteiger partial charge is 0.290 e. The molecule has 2 aromatic carbocycles. The van der Waals surface area contributed by atoms with E-state index in [1.165, 1.54) is 6.07 Å². The lowest BCUT2D eigenvalue weighted by Gasteiger charge is -2.38. The molecule has 7 heterocycles. The molecule has 2 N–H and O–H groups in total. The fourth-order valence-electron chi connectivity index (χ4n) is 8.88. The van der Waals surface area contributed by atoms with E-state index in [1.807, 2.05) is 17.3 Å². The standard InChI is InChI=1S/C42H44FN9O4.CH2O2/c1-47(2)32-5-3-4-28-24-44-37(23-30(28)32)51-15-11-27-20-36(45-25-35(27)51)50-13-9-26(10-14-50)8-12-48-16-18-49(19-17-48)34-22-29(43)21-31-39(34)42(56)52(41(31)55)33-6-7-38(53)46-40(33)54;2-1-3/h3-5,11,15,20-26,33H,6-10,12-14,16-19H2,1-2H3,(H,46,53,54);1H,(H,2,3). The minimum Gasteiger partial charge on any atom is -0.483 e. The molecule has 0 radical (unpaired) electrons. The average molecular weight is 804 g/mol. The highest BCUT2D eigenvalue weighted by Gasteiger charge is 2.46. The number of imide groups is 2. The molecule has 0 spiro atoms. The number of rotatable bonds is 8. The summed E-state index contributed by atoms with van der Waals surface area (Å²) in [6, 6.07) is 14.0. The number of amides is 4. The SMILES string of the molecule is CN(C)c1cccc2cnc(-n3ccc4cc(N5CCC(CCN6CCN(c7cc(F)cc8c7C(=O)N(C7CCC(=O)NC7=O)C8=O)CC6)CC5)ncc43)cc12.O=CO. The van der Waals surface area contributed by atoms with Crippen LogP contribution < -0.4 is 20.0 Å². The van der Waals surface area contributed by atoms with Gasteiger partial charge < -0.3 is 19.8 Å². The van der Waals surface area contributed by atoms with E-state index in [-0.39, 0.29) is 30.4 Å². The lowest BCUT2D eigenvalue weighted by molar-refractivity contribution is -0.136. The van der Waals surface area contributed by atoms with Gasteiger partial charge in [0.05, 0.1) is 28.5 Å². The van der Waals surface area contributed by atoms with Crippen LogP contribution in [0.5, 0.6) is 0 Å². The summed E-state index contributed by atoms with van der Waals surface area (Å²) in [4.78, 5) is 78.9. The Labute approximate surface area is 340 Å². The maximum absolute atomic E-state index is 14.9. The number of nitrogens with zero attached hydrogens (tertiary/aromatic N) is 8. The van der Waals surface area contributed by atoms with Crippen molar-refractivity contribution in [3.05, 3.63) is 84.1 Å². The Bertz CT molecular complexity index is 2460. The molecule has 3 fully saturated rings. The zero-order valence-corrected chi connectivity index (χ0v) is 33.0. The van der Waals surface area contributed by atoms with Crippen LogP contribution in [0.4, 0.5) is 21.6 Å². The lowest BCUT2D eigenvalue weighted by atomic mass is 9.93. The number of piperazine rings is 1. The normalized spacial score (nSPS) is 18.9. The van der Waals surface area contributed by atoms with E-state index in [0.29, 0.717) is 24.7 Å². The van der Waals surface area contributed by atoms with Crippen molar-refractivity contribution in [2.75, 3.05) is 74.6 Å². The lowest BCUT2D eigenvalue weighted by Crippen LogP contribution is -2.54. The third-order valence-electron chi connectivity index (χ3n) is 12.0. The second-order valence-corrected chi connectivity index (χ2v) is 15.7. The number of nitrogens with one attached hydrogen (secondary N) is 1. The zero-order chi connectivity index (χ0) is 41.4. The first-order valence-corrected chi connectivity index (χ1v) is 19.9. The maximum Gasteiger partial charge on any atom is 0.290 e. The highest BCUT2D eigenvalue weighted by molar-refractivity contribution is 6.25. The topological polar surface area (TPSA) is 165 Å². The summed E-state index contributed by atoms with van der Waals surface area (Å²) < 4.78 is 17.0. The first kappa shape index (κ1) is 39.4. The number of benzene rings is 2. The van der Waals surface area contributed by atoms with Crippen molar-refractivity contribution in [1.82, 2.24) is 29.7 Å². The minimum absolute atomic E-state index is 0.0271. The summed E-state index contributed by atoms with van der Waals surface area (Å²) in [7, 11) is 4.11. The molecular weight excluding hydrogens is 758 g/mol. The third kappa shape index (κ3) is 7.67. The molecule has 0 bridgehead atoms. The van der Waals surface area contributed by atoms with Crippen molar-refractivity contribution in [2.45, 2.75) is 38.1 Å². The molecule has 3 aromatic heterocycles. The monoisotopic (exact) mass is 803 g/mol. The van der Waals surface area contributed by atoms with Crippen LogP contribution in [-0.2, 0) is 14.4 Å². The summed E-state index contributed by atoms with van der Waals surface area (Å²) in [5.41, 5.74) is 2.66. The molecule has 0 aliphatic carbocycles. The fourth-order valence-corrected chi connectivity index (χ4v) is 8.88. The molecule has 4 aliphatic rings. The Morgan fingerprint density at radius 3 is 2.34 bits per heavy atom. The third-order valence-corrected chi connectivity index (χ3v) is 12.0. The molecule has 1 atom stereocenters. The number of piperidine rings is 2. The molecule has 5 aromatic rings. The predicted molar refractivity (Wildman–Crippen MR) is 221 cm³/mol. The number of hydrogen-bond acceptors (Lipinski definition) is 11. The van der Waals surface area contributed by atoms with E-state index in [9.17, 15) is 23.6 Å². The molecule has 59 heavy (non-hydrogen) atoms. The van der Waals surface area contributed by atoms with Crippen LogP contribution in [-0.4, -0.2) is 125 Å². The van der Waals surface area contributed by atoms with Gasteiger partial charge in [-0.3, -0.25) is 43.7 Å². The quantitative estimate of drug-likeness (QED) is 0.169. The number of fused-ring (bicyclic) bond motifs is 3. The van der Waals surface area contributed by atoms with Gasteiger partial charge in [-0.05, 0) is 74.5 Å². The number of carboxylic acid groups (broad SMARTS) is 1. The maximum atomic E-state index is 14.9. The van der Waals surface area contributed by atoms with Crippen molar-refractivity contribution in [3.63, 3.8) is 0 Å². The van der Waals surface area contributed by atoms with Crippen molar-refractivity contribution in [1.29, 1.82) is 0 Å². The first-order valence-electron chi connectivity index (χ1n) is 19.9. The average Bonchev–Trinajstić information content (AvgIpc) is 3.77. The second-order valence-electron chi connectivity index (χ2n) is 15.7. The van der Waals surface area contributed by atoms with Gasteiger partial charge in [0.1, 0.15) is 23.5 Å². The van der Waals surface area contributed by atoms with Crippen molar-refractivity contribution >= 4 is 69.0 Å². The molecule has 9 rings (SSSR count). The number of carbonyl (C=O) groups is 5. The predicted octanol–water partition coefficient (Wildman–Crippen LogP) is 4.31.